The third kappa shape index (κ3) is 3.67. The second-order valence-electron chi connectivity index (χ2n) is 3.24. The summed E-state index contributed by atoms with van der Waals surface area (Å²) in [6.45, 7) is 0.364. The minimum Gasteiger partial charge on any atom is -0.508 e. The smallest absolute Gasteiger partial charge is 0.325 e. The predicted molar refractivity (Wildman–Crippen MR) is 60.5 cm³/mol. The molecule has 0 amide bonds. The van der Waals surface area contributed by atoms with Gasteiger partial charge in [0.2, 0.25) is 0 Å². The van der Waals surface area contributed by atoms with Gasteiger partial charge in [0, 0.05) is 23.6 Å². The summed E-state index contributed by atoms with van der Waals surface area (Å²) in [6.07, 6.45) is 0. The Morgan fingerprint density at radius 3 is 2.82 bits per heavy atom. The molecular formula is C10H12N4O3. The van der Waals surface area contributed by atoms with E-state index in [4.69, 9.17) is 10.6 Å². The largest absolute Gasteiger partial charge is 0.508 e. The summed E-state index contributed by atoms with van der Waals surface area (Å²) in [6, 6.07) is 5.16. The zero-order valence-electron chi connectivity index (χ0n) is 8.95. The van der Waals surface area contributed by atoms with E-state index < -0.39 is 12.0 Å². The zero-order valence-corrected chi connectivity index (χ0v) is 8.95. The molecule has 0 aliphatic rings. The van der Waals surface area contributed by atoms with Gasteiger partial charge in [-0.05, 0) is 11.6 Å². The number of hydrogen-bond acceptors (Lipinski definition) is 4. The minimum absolute atomic E-state index is 0.0869. The number of benzene rings is 1. The Morgan fingerprint density at radius 2 is 2.24 bits per heavy atom. The average Bonchev–Trinajstić information content (AvgIpc) is 2.30. The molecule has 1 aromatic rings. The fourth-order valence-electron chi connectivity index (χ4n) is 1.37. The molecule has 0 saturated heterocycles. The van der Waals surface area contributed by atoms with Crippen LogP contribution in [0.25, 0.3) is 10.4 Å². The molecule has 7 heteroatoms. The van der Waals surface area contributed by atoms with Gasteiger partial charge < -0.3 is 15.5 Å². The molecule has 7 nitrogen and oxygen atoms in total. The van der Waals surface area contributed by atoms with Crippen molar-refractivity contribution < 1.29 is 15.0 Å². The normalized spacial score (nSPS) is 11.5. The first kappa shape index (κ1) is 12.8. The van der Waals surface area contributed by atoms with Crippen molar-refractivity contribution in [2.75, 3.05) is 13.1 Å². The number of aromatic hydroxyl groups is 1. The van der Waals surface area contributed by atoms with Crippen LogP contribution in [0, 0.1) is 0 Å². The molecule has 0 fully saturated rings. The summed E-state index contributed by atoms with van der Waals surface area (Å²) < 4.78 is 0. The van der Waals surface area contributed by atoms with Crippen LogP contribution >= 0.6 is 0 Å². The van der Waals surface area contributed by atoms with Crippen LogP contribution in [-0.4, -0.2) is 29.3 Å². The number of rotatable bonds is 6. The lowest BCUT2D eigenvalue weighted by Gasteiger charge is -2.15. The number of carboxylic acid groups (broad SMARTS) is 1. The number of nitrogens with zero attached hydrogens (tertiary/aromatic N) is 3. The molecule has 1 atom stereocenters. The van der Waals surface area contributed by atoms with Crippen molar-refractivity contribution >= 4 is 5.97 Å². The summed E-state index contributed by atoms with van der Waals surface area (Å²) in [7, 11) is 0. The van der Waals surface area contributed by atoms with E-state index in [1.54, 1.807) is 12.1 Å². The fraction of sp³-hybridized carbons (Fsp3) is 0.300. The van der Waals surface area contributed by atoms with Crippen molar-refractivity contribution in [1.29, 1.82) is 0 Å². The molecule has 0 spiro atoms. The molecule has 1 unspecified atom stereocenters. The first-order valence-corrected chi connectivity index (χ1v) is 4.91. The van der Waals surface area contributed by atoms with Crippen LogP contribution in [0.5, 0.6) is 5.75 Å². The third-order valence-corrected chi connectivity index (χ3v) is 2.12. The van der Waals surface area contributed by atoms with Crippen LogP contribution in [0.15, 0.2) is 29.4 Å². The van der Waals surface area contributed by atoms with Crippen LogP contribution in [-0.2, 0) is 4.79 Å². The topological polar surface area (TPSA) is 118 Å². The quantitative estimate of drug-likeness (QED) is 0.299. The second kappa shape index (κ2) is 6.37. The highest BCUT2D eigenvalue weighted by atomic mass is 16.4. The summed E-state index contributed by atoms with van der Waals surface area (Å²) in [5, 5.41) is 24.5. The van der Waals surface area contributed by atoms with Gasteiger partial charge in [0.25, 0.3) is 0 Å². The predicted octanol–water partition coefficient (Wildman–Crippen LogP) is 1.42. The first-order chi connectivity index (χ1) is 8.16. The maximum absolute atomic E-state index is 11.0. The molecule has 1 rings (SSSR count). The number of phenols is 1. The maximum atomic E-state index is 11.0. The molecule has 1 aromatic carbocycles. The summed E-state index contributed by atoms with van der Waals surface area (Å²) >= 11 is 0. The van der Waals surface area contributed by atoms with Crippen molar-refractivity contribution in [2.24, 2.45) is 5.11 Å². The van der Waals surface area contributed by atoms with Crippen LogP contribution in [0.3, 0.4) is 0 Å². The number of aliphatic carboxylic acids is 1. The Labute approximate surface area is 97.3 Å². The maximum Gasteiger partial charge on any atom is 0.325 e. The van der Waals surface area contributed by atoms with Gasteiger partial charge in [0.15, 0.2) is 0 Å². The average molecular weight is 236 g/mol. The summed E-state index contributed by atoms with van der Waals surface area (Å²) in [4.78, 5) is 13.6. The zero-order chi connectivity index (χ0) is 12.7. The molecule has 0 aliphatic carbocycles. The lowest BCUT2D eigenvalue weighted by molar-refractivity contribution is -0.139. The summed E-state index contributed by atoms with van der Waals surface area (Å²) in [5.74, 6) is -1.19. The second-order valence-corrected chi connectivity index (χ2v) is 3.24. The standard InChI is InChI=1S/C10H12N4O3/c11-14-13-6-5-12-9(10(16)17)7-3-1-2-4-8(7)15/h1-4,9,12,15H,5-6H2,(H,16,17). The number of nitrogens with one attached hydrogen (secondary N) is 1. The Morgan fingerprint density at radius 1 is 1.53 bits per heavy atom. The highest BCUT2D eigenvalue weighted by Crippen LogP contribution is 2.23. The number of carbonyl (C=O) groups is 1. The van der Waals surface area contributed by atoms with Gasteiger partial charge in [0.1, 0.15) is 11.8 Å². The molecule has 90 valence electrons. The third-order valence-electron chi connectivity index (χ3n) is 2.12. The fourth-order valence-corrected chi connectivity index (χ4v) is 1.37. The SMILES string of the molecule is [N-]=[N+]=NCCNC(C(=O)O)c1ccccc1O. The Balaban J connectivity index is 2.76. The van der Waals surface area contributed by atoms with Gasteiger partial charge in [0.05, 0.1) is 0 Å². The Kier molecular flexibility index (Phi) is 4.80. The van der Waals surface area contributed by atoms with Gasteiger partial charge >= 0.3 is 5.97 Å². The molecule has 0 aromatic heterocycles. The van der Waals surface area contributed by atoms with E-state index >= 15 is 0 Å². The van der Waals surface area contributed by atoms with Gasteiger partial charge in [-0.15, -0.1) is 0 Å². The summed E-state index contributed by atoms with van der Waals surface area (Å²) in [5.41, 5.74) is 8.35. The molecule has 17 heavy (non-hydrogen) atoms. The lowest BCUT2D eigenvalue weighted by atomic mass is 10.1. The van der Waals surface area contributed by atoms with E-state index in [0.717, 1.165) is 0 Å². The van der Waals surface area contributed by atoms with Gasteiger partial charge in [-0.2, -0.15) is 0 Å². The van der Waals surface area contributed by atoms with Crippen molar-refractivity contribution in [1.82, 2.24) is 5.32 Å². The van der Waals surface area contributed by atoms with E-state index in [9.17, 15) is 9.90 Å². The van der Waals surface area contributed by atoms with Gasteiger partial charge in [-0.1, -0.05) is 23.3 Å². The highest BCUT2D eigenvalue weighted by molar-refractivity contribution is 5.76. The molecule has 0 radical (unpaired) electrons. The van der Waals surface area contributed by atoms with Crippen LogP contribution in [0.2, 0.25) is 0 Å². The monoisotopic (exact) mass is 236 g/mol. The molecule has 0 aliphatic heterocycles. The van der Waals surface area contributed by atoms with E-state index in [0.29, 0.717) is 0 Å². The molecule has 0 heterocycles. The lowest BCUT2D eigenvalue weighted by Crippen LogP contribution is -2.30. The minimum atomic E-state index is -1.10. The van der Waals surface area contributed by atoms with Gasteiger partial charge in [-0.3, -0.25) is 4.79 Å². The molecular weight excluding hydrogens is 224 g/mol. The molecule has 3 N–H and O–H groups in total. The van der Waals surface area contributed by atoms with E-state index in [2.05, 4.69) is 15.3 Å². The van der Waals surface area contributed by atoms with Crippen LogP contribution in [0.1, 0.15) is 11.6 Å². The number of azide groups is 1. The van der Waals surface area contributed by atoms with E-state index in [1.165, 1.54) is 12.1 Å². The number of hydrogen-bond donors (Lipinski definition) is 3. The van der Waals surface area contributed by atoms with E-state index in [-0.39, 0.29) is 24.4 Å². The number of phenolic OH excluding ortho intramolecular Hbond substituents is 1. The Bertz CT molecular complexity index is 443. The van der Waals surface area contributed by atoms with Crippen LogP contribution < -0.4 is 5.32 Å². The van der Waals surface area contributed by atoms with Gasteiger partial charge in [-0.25, -0.2) is 0 Å². The Hall–Kier alpha value is -2.24. The number of para-hydroxylation sites is 1. The van der Waals surface area contributed by atoms with Crippen molar-refractivity contribution in [3.05, 3.63) is 40.3 Å². The highest BCUT2D eigenvalue weighted by Gasteiger charge is 2.21. The molecule has 0 saturated carbocycles. The van der Waals surface area contributed by atoms with Crippen molar-refractivity contribution in [3.63, 3.8) is 0 Å². The van der Waals surface area contributed by atoms with E-state index in [1.807, 2.05) is 0 Å². The van der Waals surface area contributed by atoms with Crippen LogP contribution in [0.4, 0.5) is 0 Å². The first-order valence-electron chi connectivity index (χ1n) is 4.91. The van der Waals surface area contributed by atoms with Crippen molar-refractivity contribution in [3.8, 4) is 5.75 Å². The molecule has 0 bridgehead atoms. The van der Waals surface area contributed by atoms with Crippen molar-refractivity contribution in [2.45, 2.75) is 6.04 Å². The number of carboxylic acids is 1.